The summed E-state index contributed by atoms with van der Waals surface area (Å²) in [5, 5.41) is 6.36. The van der Waals surface area contributed by atoms with Gasteiger partial charge in [0.1, 0.15) is 5.60 Å². The van der Waals surface area contributed by atoms with Crippen LogP contribution in [0, 0.1) is 5.92 Å². The first-order valence-corrected chi connectivity index (χ1v) is 11.3. The third-order valence-corrected chi connectivity index (χ3v) is 4.87. The normalized spacial score (nSPS) is 17.2. The van der Waals surface area contributed by atoms with Crippen molar-refractivity contribution in [2.45, 2.75) is 78.6 Å². The summed E-state index contributed by atoms with van der Waals surface area (Å²) in [4.78, 5) is 19.3. The predicted octanol–water partition coefficient (Wildman–Crippen LogP) is 3.02. The van der Waals surface area contributed by atoms with Crippen molar-refractivity contribution in [1.82, 2.24) is 15.5 Å². The van der Waals surface area contributed by atoms with Crippen LogP contribution in [0.2, 0.25) is 0 Å². The molecule has 1 saturated heterocycles. The second-order valence-electron chi connectivity index (χ2n) is 9.09. The molecule has 0 aromatic rings. The van der Waals surface area contributed by atoms with Crippen molar-refractivity contribution in [2.24, 2.45) is 10.9 Å². The minimum atomic E-state index is -0.514. The summed E-state index contributed by atoms with van der Waals surface area (Å²) in [5.74, 6) is 1.14. The van der Waals surface area contributed by atoms with E-state index in [1.807, 2.05) is 20.8 Å². The van der Waals surface area contributed by atoms with Gasteiger partial charge in [0.15, 0.2) is 5.96 Å². The maximum absolute atomic E-state index is 12.2. The fourth-order valence-corrected chi connectivity index (χ4v) is 3.18. The van der Waals surface area contributed by atoms with Crippen molar-refractivity contribution >= 4 is 12.1 Å². The summed E-state index contributed by atoms with van der Waals surface area (Å²) >= 11 is 0. The number of hydrogen-bond acceptors (Lipinski definition) is 5. The number of nitrogens with one attached hydrogen (secondary N) is 2. The zero-order valence-electron chi connectivity index (χ0n) is 20.1. The van der Waals surface area contributed by atoms with Gasteiger partial charge in [-0.05, 0) is 52.9 Å². The van der Waals surface area contributed by atoms with E-state index in [1.54, 1.807) is 7.11 Å². The Balaban J connectivity index is 2.60. The quantitative estimate of drug-likeness (QED) is 0.316. The van der Waals surface area contributed by atoms with E-state index in [0.717, 1.165) is 58.1 Å². The lowest BCUT2D eigenvalue weighted by molar-refractivity contribution is 0.00987. The van der Waals surface area contributed by atoms with E-state index >= 15 is 0 Å². The maximum atomic E-state index is 12.2. The Morgan fingerprint density at radius 2 is 1.87 bits per heavy atom. The number of alkyl carbamates (subject to hydrolysis) is 1. The van der Waals surface area contributed by atoms with Crippen LogP contribution in [-0.2, 0) is 14.2 Å². The molecule has 1 atom stereocenters. The van der Waals surface area contributed by atoms with Crippen LogP contribution in [0.25, 0.3) is 0 Å². The van der Waals surface area contributed by atoms with E-state index in [-0.39, 0.29) is 12.0 Å². The number of piperidine rings is 1. The van der Waals surface area contributed by atoms with E-state index in [2.05, 4.69) is 36.3 Å². The van der Waals surface area contributed by atoms with Crippen molar-refractivity contribution in [1.29, 1.82) is 0 Å². The molecular formula is C22H44N4O4. The Hall–Kier alpha value is -1.54. The molecule has 8 heteroatoms. The largest absolute Gasteiger partial charge is 0.444 e. The van der Waals surface area contributed by atoms with Gasteiger partial charge >= 0.3 is 6.09 Å². The van der Waals surface area contributed by atoms with Crippen LogP contribution in [0.5, 0.6) is 0 Å². The van der Waals surface area contributed by atoms with Crippen molar-refractivity contribution in [3.05, 3.63) is 0 Å². The molecule has 1 rings (SSSR count). The van der Waals surface area contributed by atoms with Crippen molar-refractivity contribution < 1.29 is 19.0 Å². The van der Waals surface area contributed by atoms with E-state index in [0.29, 0.717) is 12.6 Å². The van der Waals surface area contributed by atoms with Crippen LogP contribution in [0.15, 0.2) is 4.99 Å². The molecule has 0 aromatic carbocycles. The van der Waals surface area contributed by atoms with Crippen LogP contribution >= 0.6 is 0 Å². The second-order valence-corrected chi connectivity index (χ2v) is 9.09. The molecule has 2 N–H and O–H groups in total. The van der Waals surface area contributed by atoms with Gasteiger partial charge in [0.2, 0.25) is 0 Å². The Morgan fingerprint density at radius 3 is 2.40 bits per heavy atom. The number of rotatable bonds is 10. The average Bonchev–Trinajstić information content (AvgIpc) is 2.66. The average molecular weight is 429 g/mol. The number of guanidine groups is 1. The summed E-state index contributed by atoms with van der Waals surface area (Å²) in [5.41, 5.74) is -0.514. The van der Waals surface area contributed by atoms with Gasteiger partial charge in [0.25, 0.3) is 0 Å². The first-order chi connectivity index (χ1) is 14.2. The molecule has 1 unspecified atom stereocenters. The smallest absolute Gasteiger partial charge is 0.407 e. The molecule has 1 heterocycles. The number of hydrogen-bond donors (Lipinski definition) is 2. The molecule has 176 valence electrons. The van der Waals surface area contributed by atoms with Gasteiger partial charge in [-0.3, -0.25) is 4.99 Å². The molecule has 1 aliphatic rings. The summed E-state index contributed by atoms with van der Waals surface area (Å²) < 4.78 is 16.4. The molecule has 8 nitrogen and oxygen atoms in total. The minimum absolute atomic E-state index is 0.0878. The molecule has 0 aromatic heterocycles. The Labute approximate surface area is 183 Å². The molecule has 1 amide bonds. The summed E-state index contributed by atoms with van der Waals surface area (Å²) in [6.07, 6.45) is 2.82. The highest BCUT2D eigenvalue weighted by atomic mass is 16.6. The Bertz CT molecular complexity index is 512. The third-order valence-electron chi connectivity index (χ3n) is 4.87. The lowest BCUT2D eigenvalue weighted by Gasteiger charge is -2.34. The van der Waals surface area contributed by atoms with E-state index in [4.69, 9.17) is 19.2 Å². The maximum Gasteiger partial charge on any atom is 0.407 e. The van der Waals surface area contributed by atoms with Crippen LogP contribution in [0.3, 0.4) is 0 Å². The SMILES string of the molecule is CCNC(=NCC(NC(=O)OC(C)(C)C)C(C)C)N1CCC(OCCCOC)CC1. The number of methoxy groups -OCH3 is 1. The molecule has 30 heavy (non-hydrogen) atoms. The number of nitrogens with zero attached hydrogens (tertiary/aromatic N) is 2. The number of likely N-dealkylation sites (tertiary alicyclic amines) is 1. The van der Waals surface area contributed by atoms with Gasteiger partial charge in [-0.1, -0.05) is 13.8 Å². The Morgan fingerprint density at radius 1 is 1.20 bits per heavy atom. The number of carbonyl (C=O) groups is 1. The molecule has 0 aliphatic carbocycles. The molecule has 1 aliphatic heterocycles. The number of carbonyl (C=O) groups excluding carboxylic acids is 1. The fraction of sp³-hybridized carbons (Fsp3) is 0.909. The molecule has 0 radical (unpaired) electrons. The highest BCUT2D eigenvalue weighted by Crippen LogP contribution is 2.15. The van der Waals surface area contributed by atoms with Gasteiger partial charge < -0.3 is 29.7 Å². The topological polar surface area (TPSA) is 84.4 Å². The summed E-state index contributed by atoms with van der Waals surface area (Å²) in [6, 6.07) is -0.0878. The van der Waals surface area contributed by atoms with Crippen LogP contribution in [-0.4, -0.2) is 81.2 Å². The number of ether oxygens (including phenoxy) is 3. The number of aliphatic imine (C=N–C) groups is 1. The van der Waals surface area contributed by atoms with Crippen LogP contribution < -0.4 is 10.6 Å². The van der Waals surface area contributed by atoms with Gasteiger partial charge in [0, 0.05) is 40.0 Å². The highest BCUT2D eigenvalue weighted by Gasteiger charge is 2.24. The lowest BCUT2D eigenvalue weighted by Crippen LogP contribution is -2.48. The lowest BCUT2D eigenvalue weighted by atomic mass is 10.1. The van der Waals surface area contributed by atoms with Crippen LogP contribution in [0.1, 0.15) is 60.8 Å². The first-order valence-electron chi connectivity index (χ1n) is 11.3. The van der Waals surface area contributed by atoms with E-state index in [1.165, 1.54) is 0 Å². The first kappa shape index (κ1) is 26.5. The zero-order valence-corrected chi connectivity index (χ0v) is 20.1. The second kappa shape index (κ2) is 13.7. The van der Waals surface area contributed by atoms with Gasteiger partial charge in [-0.25, -0.2) is 4.79 Å². The van der Waals surface area contributed by atoms with Gasteiger partial charge in [-0.15, -0.1) is 0 Å². The summed E-state index contributed by atoms with van der Waals surface area (Å²) in [7, 11) is 1.72. The van der Waals surface area contributed by atoms with Crippen molar-refractivity contribution in [2.75, 3.05) is 46.5 Å². The van der Waals surface area contributed by atoms with Crippen molar-refractivity contribution in [3.8, 4) is 0 Å². The third kappa shape index (κ3) is 11.0. The predicted molar refractivity (Wildman–Crippen MR) is 121 cm³/mol. The standard InChI is InChI=1S/C22H44N4O4/c1-8-23-20(26-12-10-18(11-13-26)29-15-9-14-28-7)24-16-19(17(2)3)25-21(27)30-22(4,5)6/h17-19H,8-16H2,1-7H3,(H,23,24)(H,25,27). The molecular weight excluding hydrogens is 384 g/mol. The molecule has 1 fully saturated rings. The van der Waals surface area contributed by atoms with E-state index in [9.17, 15) is 4.79 Å². The van der Waals surface area contributed by atoms with Crippen molar-refractivity contribution in [3.63, 3.8) is 0 Å². The van der Waals surface area contributed by atoms with Gasteiger partial charge in [0.05, 0.1) is 18.7 Å². The summed E-state index contributed by atoms with van der Waals surface area (Å²) in [6.45, 7) is 16.4. The Kier molecular flexibility index (Phi) is 12.1. The van der Waals surface area contributed by atoms with E-state index < -0.39 is 11.7 Å². The van der Waals surface area contributed by atoms with Crippen LogP contribution in [0.4, 0.5) is 4.79 Å². The minimum Gasteiger partial charge on any atom is -0.444 e. The van der Waals surface area contributed by atoms with Gasteiger partial charge in [-0.2, -0.15) is 0 Å². The monoisotopic (exact) mass is 428 g/mol. The molecule has 0 spiro atoms. The fourth-order valence-electron chi connectivity index (χ4n) is 3.18. The molecule has 0 bridgehead atoms. The number of amides is 1. The zero-order chi connectivity index (χ0) is 22.6. The highest BCUT2D eigenvalue weighted by molar-refractivity contribution is 5.80. The molecule has 0 saturated carbocycles.